The number of hydrogen-bond acceptors (Lipinski definition) is 2. The predicted octanol–water partition coefficient (Wildman–Crippen LogP) is 1.86. The molecule has 2 heteroatoms. The van der Waals surface area contributed by atoms with Crippen LogP contribution in [0.2, 0.25) is 0 Å². The number of hydrogen-bond donors (Lipinski definition) is 1. The normalized spacial score (nSPS) is 27.2. The van der Waals surface area contributed by atoms with Gasteiger partial charge in [-0.15, -0.1) is 0 Å². The van der Waals surface area contributed by atoms with Gasteiger partial charge in [-0.25, -0.2) is 0 Å². The highest BCUT2D eigenvalue weighted by molar-refractivity contribution is 4.84. The van der Waals surface area contributed by atoms with Crippen molar-refractivity contribution in [3.05, 3.63) is 0 Å². The van der Waals surface area contributed by atoms with Crippen molar-refractivity contribution in [3.63, 3.8) is 0 Å². The lowest BCUT2D eigenvalue weighted by Crippen LogP contribution is -2.47. The van der Waals surface area contributed by atoms with E-state index in [1.54, 1.807) is 0 Å². The Morgan fingerprint density at radius 1 is 1.46 bits per heavy atom. The van der Waals surface area contributed by atoms with Crippen LogP contribution in [0.5, 0.6) is 0 Å². The van der Waals surface area contributed by atoms with Crippen LogP contribution in [0, 0.1) is 0 Å². The molecule has 1 aliphatic rings. The third-order valence-electron chi connectivity index (χ3n) is 3.31. The summed E-state index contributed by atoms with van der Waals surface area (Å²) in [5.41, 5.74) is 0.375. The van der Waals surface area contributed by atoms with Crippen molar-refractivity contribution in [1.29, 1.82) is 0 Å². The maximum atomic E-state index is 3.53. The first-order valence-electron chi connectivity index (χ1n) is 5.54. The highest BCUT2D eigenvalue weighted by Gasteiger charge is 2.26. The third kappa shape index (κ3) is 2.96. The summed E-state index contributed by atoms with van der Waals surface area (Å²) in [6.45, 7) is 12.9. The molecule has 1 N–H and O–H groups in total. The number of nitrogens with one attached hydrogen (secondary N) is 1. The molecule has 0 spiro atoms. The summed E-state index contributed by atoms with van der Waals surface area (Å²) < 4.78 is 0. The van der Waals surface area contributed by atoms with Gasteiger partial charge in [0.2, 0.25) is 0 Å². The molecule has 1 saturated heterocycles. The second kappa shape index (κ2) is 4.43. The van der Waals surface area contributed by atoms with Gasteiger partial charge in [0.05, 0.1) is 0 Å². The summed E-state index contributed by atoms with van der Waals surface area (Å²) in [4.78, 5) is 2.62. The second-order valence-corrected chi connectivity index (χ2v) is 4.82. The van der Waals surface area contributed by atoms with E-state index in [0.717, 1.165) is 0 Å². The molecule has 0 radical (unpaired) electrons. The van der Waals surface area contributed by atoms with E-state index in [4.69, 9.17) is 0 Å². The Labute approximate surface area is 82.7 Å². The number of rotatable bonds is 2. The fraction of sp³-hybridized carbons (Fsp3) is 1.00. The summed E-state index contributed by atoms with van der Waals surface area (Å²) in [6, 6.07) is 0.647. The Bertz CT molecular complexity index is 154. The van der Waals surface area contributed by atoms with Gasteiger partial charge in [0.1, 0.15) is 0 Å². The summed E-state index contributed by atoms with van der Waals surface area (Å²) >= 11 is 0. The minimum absolute atomic E-state index is 0.375. The highest BCUT2D eigenvalue weighted by atomic mass is 15.2. The largest absolute Gasteiger partial charge is 0.313 e. The zero-order valence-electron chi connectivity index (χ0n) is 9.56. The van der Waals surface area contributed by atoms with Crippen molar-refractivity contribution >= 4 is 0 Å². The quantitative estimate of drug-likeness (QED) is 0.704. The second-order valence-electron chi connectivity index (χ2n) is 4.82. The predicted molar refractivity (Wildman–Crippen MR) is 58.0 cm³/mol. The molecule has 0 aromatic carbocycles. The van der Waals surface area contributed by atoms with Crippen molar-refractivity contribution in [1.82, 2.24) is 10.2 Å². The highest BCUT2D eigenvalue weighted by Crippen LogP contribution is 2.19. The molecule has 0 saturated carbocycles. The Morgan fingerprint density at radius 2 is 2.15 bits per heavy atom. The Kier molecular flexibility index (Phi) is 3.74. The number of nitrogens with zero attached hydrogens (tertiary/aromatic N) is 1. The third-order valence-corrected chi connectivity index (χ3v) is 3.31. The summed E-state index contributed by atoms with van der Waals surface area (Å²) in [5, 5.41) is 3.53. The molecule has 78 valence electrons. The Balaban J connectivity index is 2.56. The van der Waals surface area contributed by atoms with Gasteiger partial charge in [0.15, 0.2) is 0 Å². The van der Waals surface area contributed by atoms with Crippen LogP contribution < -0.4 is 5.32 Å². The van der Waals surface area contributed by atoms with Crippen LogP contribution in [0.15, 0.2) is 0 Å². The standard InChI is InChI=1S/C11H24N2/c1-5-11(3,4)13-8-6-7-12-10(2)9-13/h10,12H,5-9H2,1-4H3. The zero-order chi connectivity index (χ0) is 9.90. The molecule has 2 nitrogen and oxygen atoms in total. The first-order valence-corrected chi connectivity index (χ1v) is 5.54. The van der Waals surface area contributed by atoms with Crippen LogP contribution in [0.4, 0.5) is 0 Å². The molecular formula is C11H24N2. The molecule has 0 bridgehead atoms. The molecule has 0 aliphatic carbocycles. The van der Waals surface area contributed by atoms with Crippen molar-refractivity contribution in [2.75, 3.05) is 19.6 Å². The lowest BCUT2D eigenvalue weighted by Gasteiger charge is -2.38. The molecule has 0 aromatic heterocycles. The van der Waals surface area contributed by atoms with Crippen LogP contribution in [0.25, 0.3) is 0 Å². The fourth-order valence-corrected chi connectivity index (χ4v) is 1.88. The molecule has 13 heavy (non-hydrogen) atoms. The monoisotopic (exact) mass is 184 g/mol. The fourth-order valence-electron chi connectivity index (χ4n) is 1.88. The van der Waals surface area contributed by atoms with Crippen LogP contribution in [-0.4, -0.2) is 36.1 Å². The smallest absolute Gasteiger partial charge is 0.0166 e. The average molecular weight is 184 g/mol. The van der Waals surface area contributed by atoms with Crippen LogP contribution in [0.1, 0.15) is 40.5 Å². The molecule has 1 aliphatic heterocycles. The van der Waals surface area contributed by atoms with Crippen molar-refractivity contribution in [3.8, 4) is 0 Å². The first kappa shape index (κ1) is 11.0. The van der Waals surface area contributed by atoms with Gasteiger partial charge in [-0.3, -0.25) is 4.90 Å². The van der Waals surface area contributed by atoms with E-state index >= 15 is 0 Å². The van der Waals surface area contributed by atoms with E-state index in [1.807, 2.05) is 0 Å². The van der Waals surface area contributed by atoms with Gasteiger partial charge in [0.25, 0.3) is 0 Å². The maximum absolute atomic E-state index is 3.53. The summed E-state index contributed by atoms with van der Waals surface area (Å²) in [6.07, 6.45) is 2.52. The molecule has 0 amide bonds. The zero-order valence-corrected chi connectivity index (χ0v) is 9.56. The van der Waals surface area contributed by atoms with E-state index in [-0.39, 0.29) is 0 Å². The molecule has 0 aromatic rings. The SMILES string of the molecule is CCC(C)(C)N1CCCNC(C)C1. The van der Waals surface area contributed by atoms with Crippen molar-refractivity contribution in [2.45, 2.75) is 52.1 Å². The lowest BCUT2D eigenvalue weighted by molar-refractivity contribution is 0.115. The van der Waals surface area contributed by atoms with Gasteiger partial charge in [-0.05, 0) is 46.7 Å². The molecule has 1 rings (SSSR count). The minimum Gasteiger partial charge on any atom is -0.313 e. The van der Waals surface area contributed by atoms with Crippen LogP contribution in [-0.2, 0) is 0 Å². The summed E-state index contributed by atoms with van der Waals surface area (Å²) in [7, 11) is 0. The van der Waals surface area contributed by atoms with Gasteiger partial charge in [-0.2, -0.15) is 0 Å². The molecule has 1 atom stereocenters. The van der Waals surface area contributed by atoms with Gasteiger partial charge >= 0.3 is 0 Å². The molecule has 1 unspecified atom stereocenters. The van der Waals surface area contributed by atoms with E-state index in [2.05, 4.69) is 37.9 Å². The van der Waals surface area contributed by atoms with Gasteiger partial charge in [-0.1, -0.05) is 6.92 Å². The van der Waals surface area contributed by atoms with E-state index in [1.165, 1.54) is 32.5 Å². The van der Waals surface area contributed by atoms with Crippen LogP contribution >= 0.6 is 0 Å². The topological polar surface area (TPSA) is 15.3 Å². The maximum Gasteiger partial charge on any atom is 0.0166 e. The molecular weight excluding hydrogens is 160 g/mol. The summed E-state index contributed by atoms with van der Waals surface area (Å²) in [5.74, 6) is 0. The lowest BCUT2D eigenvalue weighted by atomic mass is 9.98. The Morgan fingerprint density at radius 3 is 2.77 bits per heavy atom. The molecule has 1 heterocycles. The van der Waals surface area contributed by atoms with E-state index in [9.17, 15) is 0 Å². The van der Waals surface area contributed by atoms with Crippen molar-refractivity contribution < 1.29 is 0 Å². The first-order chi connectivity index (χ1) is 6.06. The Hall–Kier alpha value is -0.0800. The van der Waals surface area contributed by atoms with Crippen molar-refractivity contribution in [2.24, 2.45) is 0 Å². The molecule has 1 fully saturated rings. The van der Waals surface area contributed by atoms with Gasteiger partial charge < -0.3 is 5.32 Å². The van der Waals surface area contributed by atoms with Gasteiger partial charge in [0, 0.05) is 18.1 Å². The average Bonchev–Trinajstić information content (AvgIpc) is 2.30. The van der Waals surface area contributed by atoms with Crippen LogP contribution in [0.3, 0.4) is 0 Å². The minimum atomic E-state index is 0.375. The van der Waals surface area contributed by atoms with E-state index < -0.39 is 0 Å². The van der Waals surface area contributed by atoms with E-state index in [0.29, 0.717) is 11.6 Å².